The Morgan fingerprint density at radius 2 is 1.92 bits per heavy atom. The second kappa shape index (κ2) is 9.14. The fourth-order valence-electron chi connectivity index (χ4n) is 2.24. The molecular weight excluding hydrogens is 314 g/mol. The van der Waals surface area contributed by atoms with Crippen molar-refractivity contribution in [2.45, 2.75) is 13.3 Å². The molecule has 0 saturated carbocycles. The molecule has 2 rings (SSSR count). The van der Waals surface area contributed by atoms with Gasteiger partial charge >= 0.3 is 0 Å². The number of methoxy groups -OCH3 is 1. The Balaban J connectivity index is 1.88. The molecule has 5 heteroatoms. The highest BCUT2D eigenvalue weighted by Gasteiger charge is 2.08. The van der Waals surface area contributed by atoms with Crippen molar-refractivity contribution in [1.29, 1.82) is 5.26 Å². The van der Waals surface area contributed by atoms with E-state index in [0.717, 1.165) is 22.6 Å². The molecule has 1 amide bonds. The summed E-state index contributed by atoms with van der Waals surface area (Å²) in [5, 5.41) is 15.0. The quantitative estimate of drug-likeness (QED) is 0.602. The number of carbonyl (C=O) groups excluding carboxylic acids is 1. The van der Waals surface area contributed by atoms with Crippen molar-refractivity contribution in [2.24, 2.45) is 0 Å². The Morgan fingerprint density at radius 1 is 1.20 bits per heavy atom. The predicted molar refractivity (Wildman–Crippen MR) is 98.2 cm³/mol. The molecule has 0 aliphatic carbocycles. The van der Waals surface area contributed by atoms with E-state index < -0.39 is 5.91 Å². The Bertz CT molecular complexity index is 789. The van der Waals surface area contributed by atoms with Crippen molar-refractivity contribution in [3.8, 4) is 11.8 Å². The van der Waals surface area contributed by atoms with E-state index in [9.17, 15) is 10.1 Å². The highest BCUT2D eigenvalue weighted by atomic mass is 16.5. The third kappa shape index (κ3) is 5.40. The number of benzene rings is 2. The summed E-state index contributed by atoms with van der Waals surface area (Å²) in [5.41, 5.74) is 3.02. The standard InChI is InChI=1S/C20H21N3O2/c1-15-5-3-4-6-19(15)23-14-17(13-21)20(24)22-12-11-16-7-9-18(25-2)10-8-16/h3-10,14,23H,11-12H2,1-2H3,(H,22,24)/b17-14-. The van der Waals surface area contributed by atoms with Gasteiger partial charge in [0.15, 0.2) is 0 Å². The number of para-hydroxylation sites is 1. The van der Waals surface area contributed by atoms with Crippen molar-refractivity contribution in [3.63, 3.8) is 0 Å². The predicted octanol–water partition coefficient (Wildman–Crippen LogP) is 3.18. The van der Waals surface area contributed by atoms with Crippen LogP contribution < -0.4 is 15.4 Å². The van der Waals surface area contributed by atoms with E-state index in [-0.39, 0.29) is 5.57 Å². The fourth-order valence-corrected chi connectivity index (χ4v) is 2.24. The summed E-state index contributed by atoms with van der Waals surface area (Å²) in [7, 11) is 1.62. The van der Waals surface area contributed by atoms with E-state index in [0.29, 0.717) is 13.0 Å². The Morgan fingerprint density at radius 3 is 2.56 bits per heavy atom. The molecule has 0 bridgehead atoms. The van der Waals surface area contributed by atoms with Gasteiger partial charge in [0.2, 0.25) is 0 Å². The van der Waals surface area contributed by atoms with Gasteiger partial charge in [0.05, 0.1) is 7.11 Å². The van der Waals surface area contributed by atoms with Crippen LogP contribution in [0.2, 0.25) is 0 Å². The smallest absolute Gasteiger partial charge is 0.263 e. The zero-order valence-corrected chi connectivity index (χ0v) is 14.4. The van der Waals surface area contributed by atoms with E-state index in [1.807, 2.05) is 61.5 Å². The number of nitriles is 1. The molecule has 0 radical (unpaired) electrons. The molecule has 2 aromatic rings. The minimum absolute atomic E-state index is 0.0398. The fraction of sp³-hybridized carbons (Fsp3) is 0.200. The lowest BCUT2D eigenvalue weighted by molar-refractivity contribution is -0.117. The average molecular weight is 335 g/mol. The molecule has 2 aromatic carbocycles. The molecule has 0 aromatic heterocycles. The number of nitrogens with zero attached hydrogens (tertiary/aromatic N) is 1. The molecule has 0 heterocycles. The van der Waals surface area contributed by atoms with Crippen molar-refractivity contribution in [2.75, 3.05) is 19.0 Å². The Kier molecular flexibility index (Phi) is 6.61. The topological polar surface area (TPSA) is 74.1 Å². The molecule has 2 N–H and O–H groups in total. The summed E-state index contributed by atoms with van der Waals surface area (Å²) in [6.45, 7) is 2.41. The molecule has 0 aliphatic rings. The zero-order valence-electron chi connectivity index (χ0n) is 14.4. The minimum atomic E-state index is -0.392. The second-order valence-corrected chi connectivity index (χ2v) is 5.48. The summed E-state index contributed by atoms with van der Waals surface area (Å²) in [6.07, 6.45) is 2.12. The number of aryl methyl sites for hydroxylation is 1. The SMILES string of the molecule is COc1ccc(CCNC(=O)/C(C#N)=C\Nc2ccccc2C)cc1. The monoisotopic (exact) mass is 335 g/mol. The van der Waals surface area contributed by atoms with Gasteiger partial charge in [0.1, 0.15) is 17.4 Å². The number of carbonyl (C=O) groups is 1. The van der Waals surface area contributed by atoms with Gasteiger partial charge in [-0.25, -0.2) is 0 Å². The highest BCUT2D eigenvalue weighted by Crippen LogP contribution is 2.13. The molecule has 5 nitrogen and oxygen atoms in total. The van der Waals surface area contributed by atoms with Gasteiger partial charge in [-0.15, -0.1) is 0 Å². The number of rotatable bonds is 7. The van der Waals surface area contributed by atoms with Gasteiger partial charge in [0.25, 0.3) is 5.91 Å². The Labute approximate surface area is 147 Å². The van der Waals surface area contributed by atoms with E-state index >= 15 is 0 Å². The van der Waals surface area contributed by atoms with Crippen molar-refractivity contribution >= 4 is 11.6 Å². The number of hydrogen-bond donors (Lipinski definition) is 2. The second-order valence-electron chi connectivity index (χ2n) is 5.48. The summed E-state index contributed by atoms with van der Waals surface area (Å²) in [4.78, 5) is 12.1. The maximum atomic E-state index is 12.1. The minimum Gasteiger partial charge on any atom is -0.497 e. The summed E-state index contributed by atoms with van der Waals surface area (Å²) < 4.78 is 5.11. The normalized spacial score (nSPS) is 10.7. The van der Waals surface area contributed by atoms with Crippen LogP contribution in [0.4, 0.5) is 5.69 Å². The van der Waals surface area contributed by atoms with E-state index in [4.69, 9.17) is 4.74 Å². The lowest BCUT2D eigenvalue weighted by Gasteiger charge is -2.07. The van der Waals surface area contributed by atoms with E-state index in [2.05, 4.69) is 10.6 Å². The number of anilines is 1. The Hall–Kier alpha value is -3.26. The first kappa shape index (κ1) is 18.1. The maximum absolute atomic E-state index is 12.1. The molecule has 0 aliphatic heterocycles. The lowest BCUT2D eigenvalue weighted by atomic mass is 10.1. The van der Waals surface area contributed by atoms with Gasteiger partial charge in [-0.1, -0.05) is 30.3 Å². The van der Waals surface area contributed by atoms with E-state index in [1.54, 1.807) is 7.11 Å². The van der Waals surface area contributed by atoms with Crippen LogP contribution in [0.5, 0.6) is 5.75 Å². The number of nitrogens with one attached hydrogen (secondary N) is 2. The van der Waals surface area contributed by atoms with Crippen LogP contribution in [-0.4, -0.2) is 19.6 Å². The first-order valence-electron chi connectivity index (χ1n) is 7.97. The largest absolute Gasteiger partial charge is 0.497 e. The molecule has 0 atom stereocenters. The van der Waals surface area contributed by atoms with Crippen LogP contribution in [-0.2, 0) is 11.2 Å². The first-order valence-corrected chi connectivity index (χ1v) is 7.97. The van der Waals surface area contributed by atoms with Crippen LogP contribution in [0, 0.1) is 18.3 Å². The number of hydrogen-bond acceptors (Lipinski definition) is 4. The number of amides is 1. The van der Waals surface area contributed by atoms with Crippen LogP contribution in [0.3, 0.4) is 0 Å². The maximum Gasteiger partial charge on any atom is 0.263 e. The van der Waals surface area contributed by atoms with Crippen molar-refractivity contribution in [3.05, 3.63) is 71.4 Å². The molecule has 0 unspecified atom stereocenters. The zero-order chi connectivity index (χ0) is 18.1. The molecule has 0 saturated heterocycles. The molecule has 128 valence electrons. The van der Waals surface area contributed by atoms with Crippen LogP contribution in [0.1, 0.15) is 11.1 Å². The number of ether oxygens (including phenoxy) is 1. The molecule has 25 heavy (non-hydrogen) atoms. The third-order valence-corrected chi connectivity index (χ3v) is 3.74. The molecular formula is C20H21N3O2. The van der Waals surface area contributed by atoms with E-state index in [1.165, 1.54) is 6.20 Å². The van der Waals surface area contributed by atoms with Gasteiger partial charge in [-0.3, -0.25) is 4.79 Å². The van der Waals surface area contributed by atoms with Gasteiger partial charge in [0, 0.05) is 18.4 Å². The van der Waals surface area contributed by atoms with Crippen LogP contribution in [0.15, 0.2) is 60.3 Å². The third-order valence-electron chi connectivity index (χ3n) is 3.74. The van der Waals surface area contributed by atoms with Gasteiger partial charge in [-0.2, -0.15) is 5.26 Å². The van der Waals surface area contributed by atoms with Crippen LogP contribution in [0.25, 0.3) is 0 Å². The summed E-state index contributed by atoms with van der Waals surface area (Å²) in [5.74, 6) is 0.405. The summed E-state index contributed by atoms with van der Waals surface area (Å²) in [6, 6.07) is 17.3. The van der Waals surface area contributed by atoms with Crippen molar-refractivity contribution < 1.29 is 9.53 Å². The van der Waals surface area contributed by atoms with Gasteiger partial charge in [-0.05, 0) is 42.7 Å². The summed E-state index contributed by atoms with van der Waals surface area (Å²) >= 11 is 0. The molecule has 0 fully saturated rings. The first-order chi connectivity index (χ1) is 12.1. The lowest BCUT2D eigenvalue weighted by Crippen LogP contribution is -2.27. The van der Waals surface area contributed by atoms with Gasteiger partial charge < -0.3 is 15.4 Å². The van der Waals surface area contributed by atoms with Crippen molar-refractivity contribution in [1.82, 2.24) is 5.32 Å². The average Bonchev–Trinajstić information content (AvgIpc) is 2.64. The molecule has 0 spiro atoms. The van der Waals surface area contributed by atoms with Crippen LogP contribution >= 0.6 is 0 Å². The highest BCUT2D eigenvalue weighted by molar-refractivity contribution is 5.97.